The van der Waals surface area contributed by atoms with Crippen molar-refractivity contribution in [2.45, 2.75) is 45.4 Å². The lowest BCUT2D eigenvalue weighted by Gasteiger charge is -2.35. The molecule has 22 heavy (non-hydrogen) atoms. The SMILES string of the molecule is CC(C)(C)c1csc(C2=C(O)CN(N3CCCCC3)C2=N)n1. The van der Waals surface area contributed by atoms with E-state index in [4.69, 9.17) is 5.41 Å². The van der Waals surface area contributed by atoms with Crippen LogP contribution in [0.5, 0.6) is 0 Å². The molecule has 0 saturated carbocycles. The summed E-state index contributed by atoms with van der Waals surface area (Å²) in [6.45, 7) is 8.71. The van der Waals surface area contributed by atoms with Gasteiger partial charge in [0, 0.05) is 23.9 Å². The van der Waals surface area contributed by atoms with Crippen molar-refractivity contribution in [3.05, 3.63) is 21.8 Å². The van der Waals surface area contributed by atoms with Gasteiger partial charge < -0.3 is 5.11 Å². The molecule has 5 nitrogen and oxygen atoms in total. The van der Waals surface area contributed by atoms with E-state index in [0.29, 0.717) is 18.0 Å². The largest absolute Gasteiger partial charge is 0.509 e. The van der Waals surface area contributed by atoms with Crippen molar-refractivity contribution < 1.29 is 5.11 Å². The van der Waals surface area contributed by atoms with Crippen molar-refractivity contribution in [2.24, 2.45) is 0 Å². The summed E-state index contributed by atoms with van der Waals surface area (Å²) >= 11 is 1.51. The zero-order chi connectivity index (χ0) is 15.9. The van der Waals surface area contributed by atoms with Gasteiger partial charge >= 0.3 is 0 Å². The molecule has 3 rings (SSSR count). The molecule has 0 bridgehead atoms. The molecule has 0 atom stereocenters. The summed E-state index contributed by atoms with van der Waals surface area (Å²) in [6, 6.07) is 0. The molecule has 0 amide bonds. The summed E-state index contributed by atoms with van der Waals surface area (Å²) < 4.78 is 0. The van der Waals surface area contributed by atoms with Gasteiger partial charge in [-0.2, -0.15) is 0 Å². The van der Waals surface area contributed by atoms with Gasteiger partial charge in [-0.1, -0.05) is 27.2 Å². The number of nitrogens with one attached hydrogen (secondary N) is 1. The highest BCUT2D eigenvalue weighted by Crippen LogP contribution is 2.33. The molecule has 0 radical (unpaired) electrons. The number of aliphatic hydroxyl groups excluding tert-OH is 1. The fourth-order valence-corrected chi connectivity index (χ4v) is 4.00. The first-order chi connectivity index (χ1) is 10.4. The van der Waals surface area contributed by atoms with Crippen LogP contribution < -0.4 is 0 Å². The predicted octanol–water partition coefficient (Wildman–Crippen LogP) is 3.40. The van der Waals surface area contributed by atoms with Crippen molar-refractivity contribution in [1.82, 2.24) is 15.0 Å². The molecule has 2 aliphatic heterocycles. The molecular formula is C16H24N4OS. The molecule has 0 unspecified atom stereocenters. The molecule has 0 aromatic carbocycles. The Kier molecular flexibility index (Phi) is 3.99. The van der Waals surface area contributed by atoms with E-state index in [2.05, 4.69) is 30.8 Å². The van der Waals surface area contributed by atoms with Crippen LogP contribution in [0.25, 0.3) is 5.57 Å². The van der Waals surface area contributed by atoms with Crippen LogP contribution >= 0.6 is 11.3 Å². The van der Waals surface area contributed by atoms with Crippen molar-refractivity contribution >= 4 is 22.7 Å². The number of rotatable bonds is 2. The van der Waals surface area contributed by atoms with Gasteiger partial charge in [0.05, 0.1) is 17.8 Å². The van der Waals surface area contributed by atoms with E-state index in [-0.39, 0.29) is 11.2 Å². The van der Waals surface area contributed by atoms with Crippen LogP contribution in [0.3, 0.4) is 0 Å². The standard InChI is InChI=1S/C16H24N4OS/c1-16(2,3)12-10-22-15(18-12)13-11(21)9-20(14(13)17)19-7-5-4-6-8-19/h10,17,21H,4-9H2,1-3H3. The molecule has 2 N–H and O–H groups in total. The number of amidine groups is 1. The molecule has 1 aromatic rings. The maximum atomic E-state index is 10.4. The average molecular weight is 320 g/mol. The summed E-state index contributed by atoms with van der Waals surface area (Å²) in [4.78, 5) is 4.66. The van der Waals surface area contributed by atoms with Crippen LogP contribution in [0.1, 0.15) is 50.7 Å². The molecule has 1 aromatic heterocycles. The summed E-state index contributed by atoms with van der Waals surface area (Å²) in [5.41, 5.74) is 1.60. The first-order valence-electron chi connectivity index (χ1n) is 7.88. The fraction of sp³-hybridized carbons (Fsp3) is 0.625. The van der Waals surface area contributed by atoms with Crippen LogP contribution in [0.2, 0.25) is 0 Å². The Hall–Kier alpha value is -1.40. The smallest absolute Gasteiger partial charge is 0.149 e. The fourth-order valence-electron chi connectivity index (χ4n) is 2.88. The second-order valence-electron chi connectivity index (χ2n) is 7.03. The zero-order valence-corrected chi connectivity index (χ0v) is 14.3. The van der Waals surface area contributed by atoms with Crippen molar-refractivity contribution in [2.75, 3.05) is 19.6 Å². The lowest BCUT2D eigenvalue weighted by Crippen LogP contribution is -2.46. The Morgan fingerprint density at radius 1 is 1.23 bits per heavy atom. The highest BCUT2D eigenvalue weighted by Gasteiger charge is 2.34. The number of nitrogens with zero attached hydrogens (tertiary/aromatic N) is 3. The lowest BCUT2D eigenvalue weighted by molar-refractivity contribution is 0.0312. The van der Waals surface area contributed by atoms with Crippen molar-refractivity contribution in [1.29, 1.82) is 5.41 Å². The van der Waals surface area contributed by atoms with Gasteiger partial charge in [-0.05, 0) is 12.8 Å². The second kappa shape index (κ2) is 5.66. The van der Waals surface area contributed by atoms with Crippen LogP contribution in [0.15, 0.2) is 11.1 Å². The lowest BCUT2D eigenvalue weighted by atomic mass is 9.93. The van der Waals surface area contributed by atoms with Gasteiger partial charge in [-0.25, -0.2) is 9.99 Å². The van der Waals surface area contributed by atoms with E-state index in [0.717, 1.165) is 36.6 Å². The molecular weight excluding hydrogens is 296 g/mol. The first-order valence-corrected chi connectivity index (χ1v) is 8.75. The first kappa shape index (κ1) is 15.5. The quantitative estimate of drug-likeness (QED) is 0.876. The van der Waals surface area contributed by atoms with E-state index < -0.39 is 0 Å². The summed E-state index contributed by atoms with van der Waals surface area (Å²) in [5, 5.41) is 25.7. The molecule has 0 spiro atoms. The van der Waals surface area contributed by atoms with E-state index in [1.54, 1.807) is 0 Å². The van der Waals surface area contributed by atoms with E-state index in [9.17, 15) is 5.11 Å². The average Bonchev–Trinajstić information content (AvgIpc) is 3.04. The molecule has 3 heterocycles. The van der Waals surface area contributed by atoms with E-state index in [1.165, 1.54) is 17.8 Å². The third-order valence-electron chi connectivity index (χ3n) is 4.24. The second-order valence-corrected chi connectivity index (χ2v) is 7.89. The minimum Gasteiger partial charge on any atom is -0.509 e. The molecule has 1 fully saturated rings. The van der Waals surface area contributed by atoms with Crippen LogP contribution in [-0.4, -0.2) is 45.6 Å². The highest BCUT2D eigenvalue weighted by molar-refractivity contribution is 7.11. The summed E-state index contributed by atoms with van der Waals surface area (Å²) in [5.74, 6) is 0.652. The maximum absolute atomic E-state index is 10.4. The number of piperidine rings is 1. The van der Waals surface area contributed by atoms with Gasteiger partial charge in [-0.3, -0.25) is 10.4 Å². The topological polar surface area (TPSA) is 63.5 Å². The van der Waals surface area contributed by atoms with E-state index >= 15 is 0 Å². The Morgan fingerprint density at radius 3 is 2.50 bits per heavy atom. The number of aromatic nitrogens is 1. The minimum absolute atomic E-state index is 0.0156. The Bertz CT molecular complexity index is 608. The van der Waals surface area contributed by atoms with Gasteiger partial charge in [0.1, 0.15) is 16.6 Å². The number of aliphatic hydroxyl groups is 1. The maximum Gasteiger partial charge on any atom is 0.149 e. The molecule has 120 valence electrons. The van der Waals surface area contributed by atoms with Crippen LogP contribution in [0, 0.1) is 5.41 Å². The highest BCUT2D eigenvalue weighted by atomic mass is 32.1. The zero-order valence-electron chi connectivity index (χ0n) is 13.5. The molecule has 2 aliphatic rings. The summed E-state index contributed by atoms with van der Waals surface area (Å²) in [6.07, 6.45) is 3.57. The monoisotopic (exact) mass is 320 g/mol. The van der Waals surface area contributed by atoms with Crippen molar-refractivity contribution in [3.63, 3.8) is 0 Å². The third kappa shape index (κ3) is 2.77. The normalized spacial score (nSPS) is 21.0. The summed E-state index contributed by atoms with van der Waals surface area (Å²) in [7, 11) is 0. The Labute approximate surface area is 135 Å². The van der Waals surface area contributed by atoms with Gasteiger partial charge in [0.2, 0.25) is 0 Å². The predicted molar refractivity (Wildman–Crippen MR) is 90.2 cm³/mol. The molecule has 1 saturated heterocycles. The van der Waals surface area contributed by atoms with Crippen molar-refractivity contribution in [3.8, 4) is 0 Å². The number of hydrogen-bond acceptors (Lipinski definition) is 5. The van der Waals surface area contributed by atoms with E-state index in [1.807, 2.05) is 10.4 Å². The number of hydrazine groups is 1. The number of thiazole rings is 1. The van der Waals surface area contributed by atoms with Gasteiger partial charge in [-0.15, -0.1) is 11.3 Å². The van der Waals surface area contributed by atoms with Crippen LogP contribution in [-0.2, 0) is 5.41 Å². The minimum atomic E-state index is -0.0156. The molecule has 6 heteroatoms. The third-order valence-corrected chi connectivity index (χ3v) is 5.10. The Balaban J connectivity index is 1.83. The van der Waals surface area contributed by atoms with Gasteiger partial charge in [0.15, 0.2) is 0 Å². The van der Waals surface area contributed by atoms with Gasteiger partial charge in [0.25, 0.3) is 0 Å². The molecule has 0 aliphatic carbocycles. The number of hydrogen-bond donors (Lipinski definition) is 2. The van der Waals surface area contributed by atoms with Crippen LogP contribution in [0.4, 0.5) is 0 Å². The Morgan fingerprint density at radius 2 is 1.91 bits per heavy atom.